The van der Waals surface area contributed by atoms with Crippen molar-refractivity contribution in [2.24, 2.45) is 11.0 Å². The molecule has 0 aromatic heterocycles. The Morgan fingerprint density at radius 3 is 2.36 bits per heavy atom. The van der Waals surface area contributed by atoms with Crippen molar-refractivity contribution in [3.05, 3.63) is 65.2 Å². The van der Waals surface area contributed by atoms with Crippen molar-refractivity contribution < 1.29 is 9.90 Å². The topological polar surface area (TPSA) is 61.7 Å². The number of amides is 1. The molecule has 4 nitrogen and oxygen atoms in total. The Balaban J connectivity index is 1.54. The lowest BCUT2D eigenvalue weighted by molar-refractivity contribution is -0.122. The van der Waals surface area contributed by atoms with E-state index >= 15 is 0 Å². The SMILES string of the molecule is CC(C)(C)c1ccc([C@H]2C[C@@H]2C(=O)N/N=C/c2ccc(O)cc2)cc1. The van der Waals surface area contributed by atoms with Gasteiger partial charge in [-0.1, -0.05) is 45.0 Å². The Bertz CT molecular complexity index is 771. The lowest BCUT2D eigenvalue weighted by atomic mass is 9.86. The zero-order chi connectivity index (χ0) is 18.0. The third-order valence-corrected chi connectivity index (χ3v) is 4.61. The summed E-state index contributed by atoms with van der Waals surface area (Å²) >= 11 is 0. The number of hydrogen-bond acceptors (Lipinski definition) is 3. The van der Waals surface area contributed by atoms with E-state index in [4.69, 9.17) is 0 Å². The second-order valence-corrected chi connectivity index (χ2v) is 7.65. The lowest BCUT2D eigenvalue weighted by Gasteiger charge is -2.19. The molecule has 0 heterocycles. The van der Waals surface area contributed by atoms with Gasteiger partial charge < -0.3 is 5.11 Å². The van der Waals surface area contributed by atoms with Crippen molar-refractivity contribution in [2.75, 3.05) is 0 Å². The van der Waals surface area contributed by atoms with Crippen LogP contribution in [0.15, 0.2) is 53.6 Å². The van der Waals surface area contributed by atoms with Gasteiger partial charge in [0.05, 0.1) is 6.21 Å². The molecule has 0 radical (unpaired) electrons. The number of nitrogens with one attached hydrogen (secondary N) is 1. The standard InChI is InChI=1S/C21H24N2O2/c1-21(2,3)16-8-6-15(7-9-16)18-12-19(18)20(25)23-22-13-14-4-10-17(24)11-5-14/h4-11,13,18-19,24H,12H2,1-3H3,(H,23,25)/b22-13+/t18-,19+/m1/s1. The minimum atomic E-state index is -0.0417. The summed E-state index contributed by atoms with van der Waals surface area (Å²) in [5, 5.41) is 13.2. The number of phenolic OH excluding ortho intramolecular Hbond substituents is 1. The number of nitrogens with zero attached hydrogens (tertiary/aromatic N) is 1. The first-order chi connectivity index (χ1) is 11.8. The van der Waals surface area contributed by atoms with Gasteiger partial charge in [0, 0.05) is 5.92 Å². The number of carbonyl (C=O) groups excluding carboxylic acids is 1. The van der Waals surface area contributed by atoms with E-state index in [1.807, 2.05) is 0 Å². The van der Waals surface area contributed by atoms with Crippen LogP contribution in [0.25, 0.3) is 0 Å². The van der Waals surface area contributed by atoms with E-state index < -0.39 is 0 Å². The molecule has 1 saturated carbocycles. The molecule has 1 aliphatic carbocycles. The van der Waals surface area contributed by atoms with Crippen LogP contribution in [0.4, 0.5) is 0 Å². The number of phenols is 1. The maximum absolute atomic E-state index is 12.2. The highest BCUT2D eigenvalue weighted by molar-refractivity contribution is 5.85. The summed E-state index contributed by atoms with van der Waals surface area (Å²) in [7, 11) is 0. The molecule has 2 aromatic rings. The van der Waals surface area contributed by atoms with Crippen molar-refractivity contribution in [3.8, 4) is 5.75 Å². The van der Waals surface area contributed by atoms with Gasteiger partial charge in [-0.15, -0.1) is 0 Å². The predicted molar refractivity (Wildman–Crippen MR) is 99.8 cm³/mol. The van der Waals surface area contributed by atoms with Crippen molar-refractivity contribution in [1.29, 1.82) is 0 Å². The largest absolute Gasteiger partial charge is 0.508 e. The fourth-order valence-electron chi connectivity index (χ4n) is 2.90. The van der Waals surface area contributed by atoms with Crippen LogP contribution in [-0.2, 0) is 10.2 Å². The normalized spacial score (nSPS) is 19.8. The second kappa shape index (κ2) is 6.71. The van der Waals surface area contributed by atoms with E-state index in [-0.39, 0.29) is 28.9 Å². The fourth-order valence-corrected chi connectivity index (χ4v) is 2.90. The highest BCUT2D eigenvalue weighted by atomic mass is 16.3. The van der Waals surface area contributed by atoms with Gasteiger partial charge in [0.1, 0.15) is 5.75 Å². The van der Waals surface area contributed by atoms with Crippen LogP contribution in [0.3, 0.4) is 0 Å². The molecule has 2 N–H and O–H groups in total. The average molecular weight is 336 g/mol. The molecule has 0 saturated heterocycles. The molecular formula is C21H24N2O2. The van der Waals surface area contributed by atoms with Gasteiger partial charge in [0.25, 0.3) is 0 Å². The molecule has 1 amide bonds. The quantitative estimate of drug-likeness (QED) is 0.656. The zero-order valence-corrected chi connectivity index (χ0v) is 14.9. The monoisotopic (exact) mass is 336 g/mol. The maximum Gasteiger partial charge on any atom is 0.243 e. The van der Waals surface area contributed by atoms with Crippen molar-refractivity contribution >= 4 is 12.1 Å². The first-order valence-corrected chi connectivity index (χ1v) is 8.57. The summed E-state index contributed by atoms with van der Waals surface area (Å²) in [6.07, 6.45) is 2.45. The second-order valence-electron chi connectivity index (χ2n) is 7.65. The Kier molecular flexibility index (Phi) is 4.62. The molecule has 0 unspecified atom stereocenters. The smallest absolute Gasteiger partial charge is 0.243 e. The molecule has 25 heavy (non-hydrogen) atoms. The van der Waals surface area contributed by atoms with Crippen LogP contribution in [0.2, 0.25) is 0 Å². The first kappa shape index (κ1) is 17.2. The predicted octanol–water partition coefficient (Wildman–Crippen LogP) is 3.94. The van der Waals surface area contributed by atoms with E-state index in [9.17, 15) is 9.90 Å². The van der Waals surface area contributed by atoms with E-state index in [0.29, 0.717) is 0 Å². The summed E-state index contributed by atoms with van der Waals surface area (Å²) in [6.45, 7) is 6.59. The Labute approximate surface area is 148 Å². The van der Waals surface area contributed by atoms with Gasteiger partial charge in [-0.05, 0) is 58.7 Å². The van der Waals surface area contributed by atoms with Crippen LogP contribution >= 0.6 is 0 Å². The highest BCUT2D eigenvalue weighted by Gasteiger charge is 2.43. The molecule has 0 bridgehead atoms. The molecule has 0 aliphatic heterocycles. The van der Waals surface area contributed by atoms with Crippen LogP contribution in [-0.4, -0.2) is 17.2 Å². The summed E-state index contributed by atoms with van der Waals surface area (Å²) in [5.74, 6) is 0.453. The van der Waals surface area contributed by atoms with E-state index in [1.165, 1.54) is 11.1 Å². The highest BCUT2D eigenvalue weighted by Crippen LogP contribution is 2.47. The van der Waals surface area contributed by atoms with Crippen LogP contribution in [0.5, 0.6) is 5.75 Å². The Morgan fingerprint density at radius 2 is 1.76 bits per heavy atom. The number of benzene rings is 2. The number of hydrogen-bond donors (Lipinski definition) is 2. The van der Waals surface area contributed by atoms with Gasteiger partial charge in [0.2, 0.25) is 5.91 Å². The number of carbonyl (C=O) groups is 1. The molecular weight excluding hydrogens is 312 g/mol. The summed E-state index contributed by atoms with van der Waals surface area (Å²) in [5.41, 5.74) is 6.09. The third-order valence-electron chi connectivity index (χ3n) is 4.61. The zero-order valence-electron chi connectivity index (χ0n) is 14.9. The van der Waals surface area contributed by atoms with Gasteiger partial charge in [-0.25, -0.2) is 5.43 Å². The number of hydrazone groups is 1. The van der Waals surface area contributed by atoms with Crippen molar-refractivity contribution in [2.45, 2.75) is 38.5 Å². The molecule has 2 aromatic carbocycles. The van der Waals surface area contributed by atoms with Gasteiger partial charge in [0.15, 0.2) is 0 Å². The van der Waals surface area contributed by atoms with Crippen LogP contribution in [0, 0.1) is 5.92 Å². The number of aromatic hydroxyl groups is 1. The molecule has 1 aliphatic rings. The van der Waals surface area contributed by atoms with E-state index in [0.717, 1.165) is 12.0 Å². The molecule has 2 atom stereocenters. The van der Waals surface area contributed by atoms with Gasteiger partial charge in [-0.2, -0.15) is 5.10 Å². The molecule has 3 rings (SSSR count). The fraction of sp³-hybridized carbons (Fsp3) is 0.333. The van der Waals surface area contributed by atoms with Crippen LogP contribution < -0.4 is 5.43 Å². The summed E-state index contributed by atoms with van der Waals surface area (Å²) in [6, 6.07) is 15.2. The first-order valence-electron chi connectivity index (χ1n) is 8.57. The summed E-state index contributed by atoms with van der Waals surface area (Å²) in [4.78, 5) is 12.2. The molecule has 4 heteroatoms. The maximum atomic E-state index is 12.2. The van der Waals surface area contributed by atoms with Gasteiger partial charge in [-0.3, -0.25) is 4.79 Å². The average Bonchev–Trinajstić information content (AvgIpc) is 3.37. The Hall–Kier alpha value is -2.62. The number of rotatable bonds is 4. The molecule has 1 fully saturated rings. The Morgan fingerprint density at radius 1 is 1.12 bits per heavy atom. The van der Waals surface area contributed by atoms with Crippen molar-refractivity contribution in [3.63, 3.8) is 0 Å². The molecule has 0 spiro atoms. The van der Waals surface area contributed by atoms with Gasteiger partial charge >= 0.3 is 0 Å². The lowest BCUT2D eigenvalue weighted by Crippen LogP contribution is -2.20. The van der Waals surface area contributed by atoms with Crippen molar-refractivity contribution in [1.82, 2.24) is 5.43 Å². The van der Waals surface area contributed by atoms with E-state index in [1.54, 1.807) is 30.5 Å². The minimum absolute atomic E-state index is 0.00236. The molecule has 130 valence electrons. The minimum Gasteiger partial charge on any atom is -0.508 e. The third kappa shape index (κ3) is 4.27. The van der Waals surface area contributed by atoms with Crippen LogP contribution in [0.1, 0.15) is 49.8 Å². The summed E-state index contributed by atoms with van der Waals surface area (Å²) < 4.78 is 0. The van der Waals surface area contributed by atoms with E-state index in [2.05, 4.69) is 55.6 Å².